The van der Waals surface area contributed by atoms with Crippen LogP contribution in [0.3, 0.4) is 0 Å². The highest BCUT2D eigenvalue weighted by Gasteiger charge is 2.14. The van der Waals surface area contributed by atoms with Gasteiger partial charge < -0.3 is 11.1 Å². The second kappa shape index (κ2) is 6.24. The minimum atomic E-state index is 0.365. The van der Waals surface area contributed by atoms with Gasteiger partial charge in [-0.05, 0) is 31.0 Å². The summed E-state index contributed by atoms with van der Waals surface area (Å²) in [5, 5.41) is 8.44. The van der Waals surface area contributed by atoms with Gasteiger partial charge in [-0.25, -0.2) is 0 Å². The number of nitrogens with one attached hydrogen (secondary N) is 1. The van der Waals surface area contributed by atoms with Crippen molar-refractivity contribution in [1.82, 2.24) is 9.78 Å². The van der Waals surface area contributed by atoms with Crippen molar-refractivity contribution in [3.8, 4) is 0 Å². The number of anilines is 1. The second-order valence-electron chi connectivity index (χ2n) is 4.60. The van der Waals surface area contributed by atoms with Crippen LogP contribution in [0.15, 0.2) is 24.3 Å². The number of halogens is 1. The third kappa shape index (κ3) is 3.29. The van der Waals surface area contributed by atoms with E-state index in [9.17, 15) is 0 Å². The summed E-state index contributed by atoms with van der Waals surface area (Å²) < 4.78 is 1.77. The molecule has 2 rings (SSSR count). The van der Waals surface area contributed by atoms with E-state index in [0.29, 0.717) is 4.99 Å². The van der Waals surface area contributed by atoms with Crippen LogP contribution >= 0.6 is 23.8 Å². The molecule has 6 heteroatoms. The zero-order valence-corrected chi connectivity index (χ0v) is 13.1. The summed E-state index contributed by atoms with van der Waals surface area (Å²) in [6, 6.07) is 7.83. The molecule has 0 fully saturated rings. The summed E-state index contributed by atoms with van der Waals surface area (Å²) in [6.07, 6.45) is 0.887. The number of nitrogens with two attached hydrogens (primary N) is 1. The zero-order chi connectivity index (χ0) is 14.7. The minimum absolute atomic E-state index is 0.365. The lowest BCUT2D eigenvalue weighted by atomic mass is 10.1. The molecule has 106 valence electrons. The van der Waals surface area contributed by atoms with E-state index in [1.807, 2.05) is 38.2 Å². The first-order chi connectivity index (χ1) is 9.49. The van der Waals surface area contributed by atoms with Gasteiger partial charge in [0.2, 0.25) is 0 Å². The molecule has 0 bridgehead atoms. The number of thiocarbonyl (C=S) groups is 1. The first kappa shape index (κ1) is 14.8. The molecule has 0 atom stereocenters. The predicted octanol–water partition coefficient (Wildman–Crippen LogP) is 2.67. The third-order valence-corrected chi connectivity index (χ3v) is 3.54. The fraction of sp³-hybridized carbons (Fsp3) is 0.286. The number of aryl methyl sites for hydroxylation is 2. The van der Waals surface area contributed by atoms with E-state index < -0.39 is 0 Å². The molecule has 0 aliphatic carbocycles. The normalized spacial score (nSPS) is 10.6. The van der Waals surface area contributed by atoms with Crippen LogP contribution in [-0.4, -0.2) is 21.3 Å². The monoisotopic (exact) mass is 308 g/mol. The van der Waals surface area contributed by atoms with E-state index >= 15 is 0 Å². The molecule has 3 N–H and O–H groups in total. The van der Waals surface area contributed by atoms with Gasteiger partial charge in [-0.2, -0.15) is 5.10 Å². The zero-order valence-electron chi connectivity index (χ0n) is 11.5. The van der Waals surface area contributed by atoms with E-state index in [-0.39, 0.29) is 0 Å². The molecule has 0 aliphatic rings. The van der Waals surface area contributed by atoms with Gasteiger partial charge in [-0.3, -0.25) is 4.68 Å². The Morgan fingerprint density at radius 1 is 1.40 bits per heavy atom. The van der Waals surface area contributed by atoms with E-state index in [4.69, 9.17) is 29.6 Å². The maximum absolute atomic E-state index is 5.87. The molecule has 20 heavy (non-hydrogen) atoms. The fourth-order valence-corrected chi connectivity index (χ4v) is 2.50. The van der Waals surface area contributed by atoms with Crippen molar-refractivity contribution in [2.24, 2.45) is 12.8 Å². The van der Waals surface area contributed by atoms with Crippen LogP contribution in [-0.2, 0) is 13.5 Å². The van der Waals surface area contributed by atoms with Crippen molar-refractivity contribution in [1.29, 1.82) is 0 Å². The maximum atomic E-state index is 5.87. The molecule has 0 amide bonds. The van der Waals surface area contributed by atoms with Crippen molar-refractivity contribution in [3.05, 3.63) is 46.1 Å². The molecular weight excluding hydrogens is 292 g/mol. The Morgan fingerprint density at radius 3 is 2.65 bits per heavy atom. The van der Waals surface area contributed by atoms with Gasteiger partial charge in [-0.15, -0.1) is 0 Å². The van der Waals surface area contributed by atoms with Crippen LogP contribution in [0, 0.1) is 6.92 Å². The standard InChI is InChI=1S/C14H17ClN4S/c1-9-12(13(16)20)14(19(2)18-9)17-8-7-10-3-5-11(15)6-4-10/h3-6,17H,7-8H2,1-2H3,(H2,16,20). The first-order valence-corrected chi connectivity index (χ1v) is 7.09. The average molecular weight is 309 g/mol. The van der Waals surface area contributed by atoms with Gasteiger partial charge >= 0.3 is 0 Å². The summed E-state index contributed by atoms with van der Waals surface area (Å²) in [5.74, 6) is 0.865. The average Bonchev–Trinajstić information content (AvgIpc) is 2.66. The third-order valence-electron chi connectivity index (χ3n) is 3.09. The van der Waals surface area contributed by atoms with Crippen LogP contribution in [0.1, 0.15) is 16.8 Å². The van der Waals surface area contributed by atoms with Gasteiger partial charge in [0.1, 0.15) is 10.8 Å². The maximum Gasteiger partial charge on any atom is 0.134 e. The first-order valence-electron chi connectivity index (χ1n) is 6.30. The molecule has 0 radical (unpaired) electrons. The van der Waals surface area contributed by atoms with E-state index in [2.05, 4.69) is 10.4 Å². The van der Waals surface area contributed by atoms with Gasteiger partial charge in [0.05, 0.1) is 11.3 Å². The van der Waals surface area contributed by atoms with Crippen molar-refractivity contribution >= 4 is 34.6 Å². The molecule has 0 unspecified atom stereocenters. The number of aromatic nitrogens is 2. The lowest BCUT2D eigenvalue weighted by Crippen LogP contribution is -2.15. The Hall–Kier alpha value is -1.59. The number of hydrogen-bond acceptors (Lipinski definition) is 3. The molecule has 2 aromatic rings. The lowest BCUT2D eigenvalue weighted by molar-refractivity contribution is 0.757. The Balaban J connectivity index is 2.04. The molecule has 1 aromatic heterocycles. The molecule has 0 saturated heterocycles. The lowest BCUT2D eigenvalue weighted by Gasteiger charge is -2.09. The smallest absolute Gasteiger partial charge is 0.134 e. The fourth-order valence-electron chi connectivity index (χ4n) is 2.13. The van der Waals surface area contributed by atoms with Crippen LogP contribution in [0.25, 0.3) is 0 Å². The van der Waals surface area contributed by atoms with E-state index in [0.717, 1.165) is 35.1 Å². The summed E-state index contributed by atoms with van der Waals surface area (Å²) in [7, 11) is 1.87. The van der Waals surface area contributed by atoms with Gasteiger partial charge in [0, 0.05) is 18.6 Å². The highest BCUT2D eigenvalue weighted by atomic mass is 35.5. The molecule has 0 spiro atoms. The molecule has 0 saturated carbocycles. The van der Waals surface area contributed by atoms with Gasteiger partial charge in [0.25, 0.3) is 0 Å². The SMILES string of the molecule is Cc1nn(C)c(NCCc2ccc(Cl)cc2)c1C(N)=S. The van der Waals surface area contributed by atoms with Crippen LogP contribution in [0.2, 0.25) is 5.02 Å². The van der Waals surface area contributed by atoms with E-state index in [1.54, 1.807) is 4.68 Å². The number of rotatable bonds is 5. The van der Waals surface area contributed by atoms with Crippen LogP contribution < -0.4 is 11.1 Å². The summed E-state index contributed by atoms with van der Waals surface area (Å²) >= 11 is 10.9. The van der Waals surface area contributed by atoms with Crippen molar-refractivity contribution < 1.29 is 0 Å². The number of hydrogen-bond donors (Lipinski definition) is 2. The Kier molecular flexibility index (Phi) is 4.62. The Morgan fingerprint density at radius 2 is 2.05 bits per heavy atom. The highest BCUT2D eigenvalue weighted by Crippen LogP contribution is 2.18. The summed E-state index contributed by atoms with van der Waals surface area (Å²) in [5.41, 5.74) is 8.63. The largest absolute Gasteiger partial charge is 0.389 e. The summed E-state index contributed by atoms with van der Waals surface area (Å²) in [6.45, 7) is 2.68. The Labute approximate surface area is 128 Å². The summed E-state index contributed by atoms with van der Waals surface area (Å²) in [4.78, 5) is 0.365. The van der Waals surface area contributed by atoms with Gasteiger partial charge in [-0.1, -0.05) is 36.0 Å². The second-order valence-corrected chi connectivity index (χ2v) is 5.48. The topological polar surface area (TPSA) is 55.9 Å². The molecule has 0 aliphatic heterocycles. The number of nitrogens with zero attached hydrogens (tertiary/aromatic N) is 2. The van der Waals surface area contributed by atoms with Crippen molar-refractivity contribution in [3.63, 3.8) is 0 Å². The van der Waals surface area contributed by atoms with E-state index in [1.165, 1.54) is 5.56 Å². The molecule has 1 heterocycles. The van der Waals surface area contributed by atoms with Gasteiger partial charge in [0.15, 0.2) is 0 Å². The molecular formula is C14H17ClN4S. The number of benzene rings is 1. The molecule has 4 nitrogen and oxygen atoms in total. The predicted molar refractivity (Wildman–Crippen MR) is 87.5 cm³/mol. The molecule has 1 aromatic carbocycles. The van der Waals surface area contributed by atoms with Crippen LogP contribution in [0.4, 0.5) is 5.82 Å². The quantitative estimate of drug-likeness (QED) is 0.834. The Bertz CT molecular complexity index is 619. The van der Waals surface area contributed by atoms with Crippen molar-refractivity contribution in [2.45, 2.75) is 13.3 Å². The minimum Gasteiger partial charge on any atom is -0.389 e. The highest BCUT2D eigenvalue weighted by molar-refractivity contribution is 7.80. The van der Waals surface area contributed by atoms with Crippen molar-refractivity contribution in [2.75, 3.05) is 11.9 Å². The van der Waals surface area contributed by atoms with Crippen LogP contribution in [0.5, 0.6) is 0 Å².